The number of aliphatic hydroxyl groups excluding tert-OH is 1. The van der Waals surface area contributed by atoms with Gasteiger partial charge in [0.1, 0.15) is 23.6 Å². The average Bonchev–Trinajstić information content (AvgIpc) is 3.80. The van der Waals surface area contributed by atoms with Crippen LogP contribution in [0.1, 0.15) is 58.1 Å². The van der Waals surface area contributed by atoms with E-state index >= 15 is 0 Å². The van der Waals surface area contributed by atoms with Crippen LogP contribution in [0.25, 0.3) is 22.5 Å². The Morgan fingerprint density at radius 3 is 1.73 bits per heavy atom. The van der Waals surface area contributed by atoms with Gasteiger partial charge in [-0.3, -0.25) is 0 Å². The number of carbonyl (C=O) groups excluding carboxylic acids is 1. The minimum absolute atomic E-state index is 0.0626. The molecule has 0 atom stereocenters. The number of aromatic nitrogens is 6. The number of aliphatic hydroxyl groups is 2. The third-order valence-electron chi connectivity index (χ3n) is 9.10. The van der Waals surface area contributed by atoms with Crippen LogP contribution < -0.4 is 5.11 Å². The summed E-state index contributed by atoms with van der Waals surface area (Å²) in [7, 11) is 0. The second kappa shape index (κ2) is 13.6. The molecule has 0 aliphatic heterocycles. The molecular weight excluding hydrogens is 640 g/mol. The number of aromatic carboxylic acids is 1. The molecule has 0 bridgehead atoms. The molecule has 0 aliphatic rings. The summed E-state index contributed by atoms with van der Waals surface area (Å²) < 4.78 is 3.27. The number of carboxylic acids is 1. The molecule has 0 radical (unpaired) electrons. The van der Waals surface area contributed by atoms with E-state index < -0.39 is 23.7 Å². The lowest BCUT2D eigenvalue weighted by Gasteiger charge is -2.36. The number of carboxylic acid groups (broad SMARTS) is 1. The smallest absolute Gasteiger partial charge is 0.184 e. The first-order valence-corrected chi connectivity index (χ1v) is 16.5. The van der Waals surface area contributed by atoms with Gasteiger partial charge in [-0.05, 0) is 57.7 Å². The highest BCUT2D eigenvalue weighted by molar-refractivity contribution is 5.86. The van der Waals surface area contributed by atoms with E-state index in [2.05, 4.69) is 51.7 Å². The van der Waals surface area contributed by atoms with E-state index in [0.29, 0.717) is 5.82 Å². The molecule has 0 spiro atoms. The first-order valence-electron chi connectivity index (χ1n) is 16.5. The van der Waals surface area contributed by atoms with Gasteiger partial charge in [-0.2, -0.15) is 0 Å². The Morgan fingerprint density at radius 1 is 0.725 bits per heavy atom. The van der Waals surface area contributed by atoms with Crippen LogP contribution >= 0.6 is 0 Å². The Bertz CT molecular complexity index is 2180. The molecule has 10 nitrogen and oxygen atoms in total. The van der Waals surface area contributed by atoms with Crippen LogP contribution in [0.4, 0.5) is 0 Å². The lowest BCUT2D eigenvalue weighted by molar-refractivity contribution is -0.256. The monoisotopic (exact) mass is 675 g/mol. The first kappa shape index (κ1) is 33.3. The molecule has 7 rings (SSSR count). The topological polar surface area (TPSA) is 142 Å². The third kappa shape index (κ3) is 6.01. The van der Waals surface area contributed by atoms with Gasteiger partial charge >= 0.3 is 0 Å². The summed E-state index contributed by atoms with van der Waals surface area (Å²) in [6, 6.07) is 46.3. The number of hydrogen-bond acceptors (Lipinski definition) is 8. The predicted molar refractivity (Wildman–Crippen MR) is 190 cm³/mol. The fourth-order valence-electron chi connectivity index (χ4n) is 6.81. The van der Waals surface area contributed by atoms with Crippen molar-refractivity contribution in [2.75, 3.05) is 0 Å². The lowest BCUT2D eigenvalue weighted by atomic mass is 9.77. The molecule has 0 aliphatic carbocycles. The zero-order chi connectivity index (χ0) is 35.6. The van der Waals surface area contributed by atoms with Crippen molar-refractivity contribution in [2.45, 2.75) is 38.1 Å². The molecule has 2 aromatic heterocycles. The van der Waals surface area contributed by atoms with Crippen LogP contribution in [0.5, 0.6) is 0 Å². The van der Waals surface area contributed by atoms with Crippen molar-refractivity contribution >= 4 is 5.97 Å². The molecule has 0 fully saturated rings. The molecule has 0 saturated heterocycles. The molecule has 0 saturated carbocycles. The molecule has 254 valence electrons. The standard InChI is InChI=1S/C41H36N6O4/c1-40(2,51)37-36(39(49)50)46(35(27-48)42-37)26-28-22-24-29(25-23-28)33-20-12-13-21-34(33)38-43-44-45-47(38)41(30-14-6-3-7-15-30,31-16-8-4-9-17-31)32-18-10-5-11-19-32/h3-25,48,51H,26-27H2,1-2H3,(H,49,50)/p-1. The number of benzene rings is 5. The van der Waals surface area contributed by atoms with Crippen molar-refractivity contribution < 1.29 is 20.1 Å². The lowest BCUT2D eigenvalue weighted by Crippen LogP contribution is -2.39. The molecule has 5 aromatic carbocycles. The van der Waals surface area contributed by atoms with Gasteiger partial charge in [0.05, 0.1) is 17.4 Å². The summed E-state index contributed by atoms with van der Waals surface area (Å²) in [6.07, 6.45) is 0. The number of imidazole rings is 1. The molecule has 2 heterocycles. The summed E-state index contributed by atoms with van der Waals surface area (Å²) in [6.45, 7) is 2.47. The third-order valence-corrected chi connectivity index (χ3v) is 9.10. The molecule has 2 N–H and O–H groups in total. The normalized spacial score (nSPS) is 11.8. The first-order chi connectivity index (χ1) is 24.7. The van der Waals surface area contributed by atoms with Crippen LogP contribution in [-0.2, 0) is 24.3 Å². The van der Waals surface area contributed by atoms with Gasteiger partial charge in [0.25, 0.3) is 0 Å². The van der Waals surface area contributed by atoms with Crippen LogP contribution in [0.2, 0.25) is 0 Å². The van der Waals surface area contributed by atoms with E-state index in [0.717, 1.165) is 38.9 Å². The highest BCUT2D eigenvalue weighted by Crippen LogP contribution is 2.43. The van der Waals surface area contributed by atoms with Gasteiger partial charge in [-0.25, -0.2) is 9.67 Å². The molecular formula is C41H35N6O4-. The van der Waals surface area contributed by atoms with Crippen LogP contribution in [0, 0.1) is 0 Å². The second-order valence-corrected chi connectivity index (χ2v) is 12.8. The van der Waals surface area contributed by atoms with Crippen molar-refractivity contribution in [1.29, 1.82) is 0 Å². The summed E-state index contributed by atoms with van der Waals surface area (Å²) >= 11 is 0. The van der Waals surface area contributed by atoms with Gasteiger partial charge in [0, 0.05) is 12.1 Å². The van der Waals surface area contributed by atoms with Crippen molar-refractivity contribution in [3.05, 3.63) is 179 Å². The minimum Gasteiger partial charge on any atom is -0.543 e. The fourth-order valence-corrected chi connectivity index (χ4v) is 6.81. The zero-order valence-corrected chi connectivity index (χ0v) is 28.1. The van der Waals surface area contributed by atoms with Gasteiger partial charge in [-0.1, -0.05) is 140 Å². The molecule has 7 aromatic rings. The number of rotatable bonds is 11. The van der Waals surface area contributed by atoms with E-state index in [-0.39, 0.29) is 23.8 Å². The van der Waals surface area contributed by atoms with Crippen LogP contribution in [0.3, 0.4) is 0 Å². The number of nitrogens with zero attached hydrogens (tertiary/aromatic N) is 6. The number of tetrazole rings is 1. The largest absolute Gasteiger partial charge is 0.543 e. The van der Waals surface area contributed by atoms with E-state index in [4.69, 9.17) is 5.21 Å². The Labute approximate surface area is 294 Å². The van der Waals surface area contributed by atoms with Crippen molar-refractivity contribution in [3.63, 3.8) is 0 Å². The molecule has 0 unspecified atom stereocenters. The maximum Gasteiger partial charge on any atom is 0.184 e. The zero-order valence-electron chi connectivity index (χ0n) is 28.1. The van der Waals surface area contributed by atoms with Crippen molar-refractivity contribution in [3.8, 4) is 22.5 Å². The Balaban J connectivity index is 1.34. The number of hydrogen-bond donors (Lipinski definition) is 2. The van der Waals surface area contributed by atoms with Crippen LogP contribution in [-0.4, -0.2) is 45.9 Å². The maximum atomic E-state index is 12.2. The molecule has 51 heavy (non-hydrogen) atoms. The highest BCUT2D eigenvalue weighted by Gasteiger charge is 2.42. The van der Waals surface area contributed by atoms with Gasteiger partial charge < -0.3 is 24.7 Å². The fraction of sp³-hybridized carbons (Fsp3) is 0.146. The van der Waals surface area contributed by atoms with Gasteiger partial charge in [-0.15, -0.1) is 5.10 Å². The van der Waals surface area contributed by atoms with Crippen LogP contribution in [0.15, 0.2) is 140 Å². The van der Waals surface area contributed by atoms with Gasteiger partial charge in [0.2, 0.25) is 0 Å². The highest BCUT2D eigenvalue weighted by atomic mass is 16.4. The van der Waals surface area contributed by atoms with Crippen molar-refractivity contribution in [1.82, 2.24) is 29.8 Å². The Morgan fingerprint density at radius 2 is 1.24 bits per heavy atom. The minimum atomic E-state index is -1.55. The SMILES string of the molecule is CC(C)(O)c1nc(CO)n(Cc2ccc(-c3ccccc3-c3nnnn3C(c3ccccc3)(c3ccccc3)c3ccccc3)cc2)c1C(=O)[O-]. The molecule has 0 amide bonds. The summed E-state index contributed by atoms with van der Waals surface area (Å²) in [4.78, 5) is 16.4. The summed E-state index contributed by atoms with van der Waals surface area (Å²) in [5, 5.41) is 46.4. The maximum absolute atomic E-state index is 12.2. The van der Waals surface area contributed by atoms with E-state index in [1.807, 2.05) is 108 Å². The summed E-state index contributed by atoms with van der Waals surface area (Å²) in [5.74, 6) is -0.804. The molecule has 10 heteroatoms. The van der Waals surface area contributed by atoms with Crippen molar-refractivity contribution in [2.24, 2.45) is 0 Å². The Hall–Kier alpha value is -6.23. The van der Waals surface area contributed by atoms with E-state index in [1.165, 1.54) is 18.4 Å². The average molecular weight is 676 g/mol. The number of carbonyl (C=O) groups is 1. The van der Waals surface area contributed by atoms with E-state index in [9.17, 15) is 20.1 Å². The quantitative estimate of drug-likeness (QED) is 0.179. The predicted octanol–water partition coefficient (Wildman–Crippen LogP) is 5.18. The second-order valence-electron chi connectivity index (χ2n) is 12.8. The Kier molecular flexibility index (Phi) is 8.86. The summed E-state index contributed by atoms with van der Waals surface area (Å²) in [5.41, 5.74) is 3.51. The van der Waals surface area contributed by atoms with Gasteiger partial charge in [0.15, 0.2) is 5.82 Å². The van der Waals surface area contributed by atoms with E-state index in [1.54, 1.807) is 0 Å².